The molecule has 0 radical (unpaired) electrons. The van der Waals surface area contributed by atoms with E-state index >= 15 is 0 Å². The number of phenolic OH excluding ortho intramolecular Hbond substituents is 1. The van der Waals surface area contributed by atoms with E-state index in [-0.39, 0.29) is 16.2 Å². The van der Waals surface area contributed by atoms with Gasteiger partial charge in [0.05, 0.1) is 32.3 Å². The number of nitrogens with one attached hydrogen (secondary N) is 2. The van der Waals surface area contributed by atoms with Crippen molar-refractivity contribution in [2.75, 3.05) is 41.7 Å². The SMILES string of the molecule is Cc1ccc2nc(NC(=O)Nc3ccccc3N3CC4(CCN(CC(C)(C)C)CC4)c4c(Cl)c(F)cc(O)c43)sc2c1. The molecule has 3 aromatic carbocycles. The van der Waals surface area contributed by atoms with Gasteiger partial charge in [0.1, 0.15) is 11.6 Å². The van der Waals surface area contributed by atoms with E-state index in [1.807, 2.05) is 54.3 Å². The molecule has 0 bridgehead atoms. The molecular weight excluding hydrogens is 573 g/mol. The van der Waals surface area contributed by atoms with Crippen LogP contribution in [0.5, 0.6) is 5.75 Å². The summed E-state index contributed by atoms with van der Waals surface area (Å²) in [5, 5.41) is 17.5. The van der Waals surface area contributed by atoms with E-state index in [0.717, 1.165) is 54.3 Å². The number of anilines is 4. The number of likely N-dealkylation sites (tertiary alicyclic amines) is 1. The van der Waals surface area contributed by atoms with Crippen molar-refractivity contribution in [1.82, 2.24) is 9.88 Å². The lowest BCUT2D eigenvalue weighted by atomic mass is 9.73. The van der Waals surface area contributed by atoms with E-state index in [4.69, 9.17) is 11.6 Å². The summed E-state index contributed by atoms with van der Waals surface area (Å²) in [7, 11) is 0. The zero-order valence-electron chi connectivity index (χ0n) is 24.2. The number of hydrogen-bond acceptors (Lipinski definition) is 6. The van der Waals surface area contributed by atoms with E-state index in [1.54, 1.807) is 0 Å². The number of para-hydroxylation sites is 2. The Labute approximate surface area is 254 Å². The third-order valence-electron chi connectivity index (χ3n) is 8.15. The quantitative estimate of drug-likeness (QED) is 0.217. The smallest absolute Gasteiger partial charge is 0.325 e. The van der Waals surface area contributed by atoms with Gasteiger partial charge in [0, 0.05) is 30.1 Å². The number of piperidine rings is 1. The predicted octanol–water partition coefficient (Wildman–Crippen LogP) is 8.28. The van der Waals surface area contributed by atoms with Crippen molar-refractivity contribution >= 4 is 61.4 Å². The Morgan fingerprint density at radius 2 is 1.88 bits per heavy atom. The summed E-state index contributed by atoms with van der Waals surface area (Å²) in [6, 6.07) is 14.1. The van der Waals surface area contributed by atoms with Crippen molar-refractivity contribution in [3.8, 4) is 5.75 Å². The van der Waals surface area contributed by atoms with Crippen LogP contribution >= 0.6 is 22.9 Å². The first kappa shape index (κ1) is 28.7. The third-order valence-corrected chi connectivity index (χ3v) is 9.45. The number of aromatic nitrogens is 1. The summed E-state index contributed by atoms with van der Waals surface area (Å²) < 4.78 is 16.0. The highest BCUT2D eigenvalue weighted by atomic mass is 35.5. The topological polar surface area (TPSA) is 80.7 Å². The number of rotatable bonds is 4. The number of phenols is 1. The van der Waals surface area contributed by atoms with Gasteiger partial charge in [-0.3, -0.25) is 5.32 Å². The molecule has 4 aromatic rings. The lowest BCUT2D eigenvalue weighted by Crippen LogP contribution is -2.47. The van der Waals surface area contributed by atoms with Crippen LogP contribution in [-0.2, 0) is 5.41 Å². The predicted molar refractivity (Wildman–Crippen MR) is 170 cm³/mol. The number of thiazole rings is 1. The third kappa shape index (κ3) is 5.41. The molecule has 0 saturated carbocycles. The summed E-state index contributed by atoms with van der Waals surface area (Å²) in [4.78, 5) is 22.1. The van der Waals surface area contributed by atoms with Crippen molar-refractivity contribution < 1.29 is 14.3 Å². The first-order valence-electron chi connectivity index (χ1n) is 14.2. The number of carbonyl (C=O) groups excluding carboxylic acids is 1. The van der Waals surface area contributed by atoms with E-state index in [2.05, 4.69) is 41.3 Å². The number of hydrogen-bond donors (Lipinski definition) is 3. The molecule has 0 aliphatic carbocycles. The Morgan fingerprint density at radius 1 is 1.14 bits per heavy atom. The fourth-order valence-corrected chi connectivity index (χ4v) is 7.70. The first-order valence-corrected chi connectivity index (χ1v) is 15.4. The van der Waals surface area contributed by atoms with Crippen LogP contribution in [0.4, 0.5) is 31.4 Å². The second kappa shape index (κ2) is 10.7. The normalized spacial score (nSPS) is 16.7. The standard InChI is InChI=1S/C32H35ClFN5O2S/c1-19-9-10-22-25(15-19)42-30(36-22)37-29(41)35-21-7-5-6-8-23(21)39-18-32(11-13-38(14-12-32)17-31(2,3)4)26-27(33)20(34)16-24(40)28(26)39/h5-10,15-16,40H,11-14,17-18H2,1-4H3,(H2,35,36,37,41). The van der Waals surface area contributed by atoms with Crippen LogP contribution in [0.1, 0.15) is 44.7 Å². The van der Waals surface area contributed by atoms with E-state index < -0.39 is 17.3 Å². The molecule has 1 saturated heterocycles. The number of amides is 2. The van der Waals surface area contributed by atoms with Gasteiger partial charge in [-0.1, -0.05) is 61.9 Å². The van der Waals surface area contributed by atoms with Crippen molar-refractivity contribution in [3.05, 3.63) is 70.5 Å². The molecular formula is C32H35ClFN5O2S. The number of nitrogens with zero attached hydrogens (tertiary/aromatic N) is 3. The summed E-state index contributed by atoms with van der Waals surface area (Å²) in [6.45, 7) is 11.9. The highest BCUT2D eigenvalue weighted by Gasteiger charge is 2.49. The average molecular weight is 608 g/mol. The summed E-state index contributed by atoms with van der Waals surface area (Å²) >= 11 is 8.09. The van der Waals surface area contributed by atoms with Crippen LogP contribution in [0.2, 0.25) is 5.02 Å². The van der Waals surface area contributed by atoms with E-state index in [9.17, 15) is 14.3 Å². The van der Waals surface area contributed by atoms with Gasteiger partial charge in [0.15, 0.2) is 5.13 Å². The highest BCUT2D eigenvalue weighted by Crippen LogP contribution is 2.57. The van der Waals surface area contributed by atoms with E-state index in [1.165, 1.54) is 11.3 Å². The molecule has 3 heterocycles. The minimum Gasteiger partial charge on any atom is -0.506 e. The highest BCUT2D eigenvalue weighted by molar-refractivity contribution is 7.22. The molecule has 10 heteroatoms. The van der Waals surface area contributed by atoms with Gasteiger partial charge in [-0.05, 0) is 68.1 Å². The van der Waals surface area contributed by atoms with Crippen molar-refractivity contribution in [3.63, 3.8) is 0 Å². The van der Waals surface area contributed by atoms with Crippen LogP contribution in [0.3, 0.4) is 0 Å². The van der Waals surface area contributed by atoms with Crippen molar-refractivity contribution in [2.45, 2.75) is 46.0 Å². The lowest BCUT2D eigenvalue weighted by Gasteiger charge is -2.42. The molecule has 220 valence electrons. The maximum atomic E-state index is 15.0. The minimum absolute atomic E-state index is 0.0591. The number of aromatic hydroxyl groups is 1. The second-order valence-corrected chi connectivity index (χ2v) is 14.1. The van der Waals surface area contributed by atoms with Crippen LogP contribution in [0.15, 0.2) is 48.5 Å². The molecule has 1 spiro atoms. The Kier molecular flexibility index (Phi) is 7.32. The number of aryl methyl sites for hydroxylation is 1. The molecule has 2 aliphatic heterocycles. The maximum absolute atomic E-state index is 15.0. The summed E-state index contributed by atoms with van der Waals surface area (Å²) in [5.74, 6) is -0.784. The van der Waals surface area contributed by atoms with Crippen LogP contribution in [0.25, 0.3) is 10.2 Å². The number of carbonyl (C=O) groups is 1. The molecule has 2 amide bonds. The van der Waals surface area contributed by atoms with Gasteiger partial charge in [0.2, 0.25) is 0 Å². The average Bonchev–Trinajstić information content (AvgIpc) is 3.46. The Hall–Kier alpha value is -3.40. The maximum Gasteiger partial charge on any atom is 0.325 e. The van der Waals surface area contributed by atoms with Gasteiger partial charge in [-0.25, -0.2) is 14.2 Å². The molecule has 3 N–H and O–H groups in total. The molecule has 0 unspecified atom stereocenters. The molecule has 2 aliphatic rings. The zero-order valence-corrected chi connectivity index (χ0v) is 25.8. The monoisotopic (exact) mass is 607 g/mol. The Bertz CT molecular complexity index is 1680. The largest absolute Gasteiger partial charge is 0.506 e. The molecule has 6 rings (SSSR count). The number of halogens is 2. The minimum atomic E-state index is -0.622. The Balaban J connectivity index is 1.30. The van der Waals surface area contributed by atoms with Crippen molar-refractivity contribution in [1.29, 1.82) is 0 Å². The van der Waals surface area contributed by atoms with Crippen LogP contribution in [0, 0.1) is 18.2 Å². The van der Waals surface area contributed by atoms with Gasteiger partial charge in [-0.15, -0.1) is 0 Å². The van der Waals surface area contributed by atoms with Crippen molar-refractivity contribution in [2.24, 2.45) is 5.41 Å². The molecule has 7 nitrogen and oxygen atoms in total. The fraction of sp³-hybridized carbons (Fsp3) is 0.375. The molecule has 42 heavy (non-hydrogen) atoms. The van der Waals surface area contributed by atoms with Gasteiger partial charge in [0.25, 0.3) is 0 Å². The fourth-order valence-electron chi connectivity index (χ4n) is 6.40. The second-order valence-electron chi connectivity index (χ2n) is 12.7. The number of benzene rings is 3. The van der Waals surface area contributed by atoms with Gasteiger partial charge >= 0.3 is 6.03 Å². The van der Waals surface area contributed by atoms with Gasteiger partial charge in [-0.2, -0.15) is 0 Å². The zero-order chi connectivity index (χ0) is 29.8. The molecule has 1 fully saturated rings. The Morgan fingerprint density at radius 3 is 2.62 bits per heavy atom. The lowest BCUT2D eigenvalue weighted by molar-refractivity contribution is 0.125. The summed E-state index contributed by atoms with van der Waals surface area (Å²) in [5.41, 5.74) is 4.09. The first-order chi connectivity index (χ1) is 19.9. The molecule has 0 atom stereocenters. The van der Waals surface area contributed by atoms with Crippen LogP contribution < -0.4 is 15.5 Å². The summed E-state index contributed by atoms with van der Waals surface area (Å²) in [6.07, 6.45) is 1.56. The molecule has 1 aromatic heterocycles. The van der Waals surface area contributed by atoms with E-state index in [0.29, 0.717) is 34.3 Å². The van der Waals surface area contributed by atoms with Crippen LogP contribution in [-0.4, -0.2) is 47.2 Å². The number of fused-ring (bicyclic) bond motifs is 3. The number of urea groups is 1. The van der Waals surface area contributed by atoms with Gasteiger partial charge < -0.3 is 20.2 Å².